The van der Waals surface area contributed by atoms with Gasteiger partial charge in [-0.15, -0.1) is 23.7 Å². The molecule has 2 aromatic rings. The summed E-state index contributed by atoms with van der Waals surface area (Å²) in [6.07, 6.45) is 0.697. The van der Waals surface area contributed by atoms with Gasteiger partial charge in [0.15, 0.2) is 0 Å². The molecule has 0 saturated carbocycles. The van der Waals surface area contributed by atoms with Crippen molar-refractivity contribution < 1.29 is 4.79 Å². The van der Waals surface area contributed by atoms with Crippen LogP contribution >= 0.6 is 23.7 Å². The fourth-order valence-corrected chi connectivity index (χ4v) is 2.36. The van der Waals surface area contributed by atoms with Gasteiger partial charge < -0.3 is 11.1 Å². The molecule has 6 nitrogen and oxygen atoms in total. The van der Waals surface area contributed by atoms with E-state index in [2.05, 4.69) is 15.4 Å². The molecule has 1 amide bonds. The first kappa shape index (κ1) is 15.6. The van der Waals surface area contributed by atoms with Crippen molar-refractivity contribution in [2.75, 3.05) is 11.9 Å². The van der Waals surface area contributed by atoms with Gasteiger partial charge in [-0.1, -0.05) is 0 Å². The lowest BCUT2D eigenvalue weighted by Gasteiger charge is -2.02. The third-order valence-corrected chi connectivity index (χ3v) is 3.29. The first-order chi connectivity index (χ1) is 8.60. The number of nitrogens with zero attached hydrogens (tertiary/aromatic N) is 3. The first-order valence-electron chi connectivity index (χ1n) is 5.56. The van der Waals surface area contributed by atoms with Crippen molar-refractivity contribution in [3.8, 4) is 0 Å². The van der Waals surface area contributed by atoms with Gasteiger partial charge in [0.25, 0.3) is 5.91 Å². The van der Waals surface area contributed by atoms with Crippen molar-refractivity contribution in [1.29, 1.82) is 0 Å². The minimum atomic E-state index is -0.225. The molecule has 0 aliphatic heterocycles. The average molecular weight is 302 g/mol. The molecular weight excluding hydrogens is 286 g/mol. The van der Waals surface area contributed by atoms with Crippen LogP contribution in [-0.2, 0) is 13.5 Å². The van der Waals surface area contributed by atoms with Gasteiger partial charge in [0.1, 0.15) is 11.5 Å². The lowest BCUT2D eigenvalue weighted by Crippen LogP contribution is -2.15. The third kappa shape index (κ3) is 3.76. The number of carbonyl (C=O) groups is 1. The molecule has 0 radical (unpaired) electrons. The topological polar surface area (TPSA) is 85.8 Å². The number of aryl methyl sites for hydroxylation is 2. The Kier molecular flexibility index (Phi) is 5.46. The molecule has 0 fully saturated rings. The predicted octanol–water partition coefficient (Wildman–Crippen LogP) is 1.36. The highest BCUT2D eigenvalue weighted by atomic mass is 35.5. The number of nitrogens with one attached hydrogen (secondary N) is 1. The van der Waals surface area contributed by atoms with E-state index >= 15 is 0 Å². The summed E-state index contributed by atoms with van der Waals surface area (Å²) in [5.41, 5.74) is 6.72. The van der Waals surface area contributed by atoms with Crippen LogP contribution in [-0.4, -0.2) is 27.2 Å². The zero-order valence-electron chi connectivity index (χ0n) is 10.7. The maximum Gasteiger partial charge on any atom is 0.276 e. The van der Waals surface area contributed by atoms with Gasteiger partial charge in [0, 0.05) is 24.9 Å². The largest absolute Gasteiger partial charge is 0.330 e. The van der Waals surface area contributed by atoms with E-state index in [4.69, 9.17) is 5.73 Å². The Morgan fingerprint density at radius 3 is 2.89 bits per heavy atom. The van der Waals surface area contributed by atoms with Crippen LogP contribution in [0.4, 0.5) is 5.82 Å². The number of rotatable bonds is 4. The standard InChI is InChI=1S/C11H15N5OS.ClH/c1-7-5-9(16(2)15-7)14-11(17)8-6-18-10(13-8)3-4-12;/h5-6H,3-4,12H2,1-2H3,(H,14,17);1H. The molecule has 0 unspecified atom stereocenters. The van der Waals surface area contributed by atoms with E-state index < -0.39 is 0 Å². The molecule has 0 aromatic carbocycles. The second kappa shape index (κ2) is 6.65. The Morgan fingerprint density at radius 1 is 1.58 bits per heavy atom. The molecule has 0 aliphatic carbocycles. The summed E-state index contributed by atoms with van der Waals surface area (Å²) >= 11 is 1.45. The number of amides is 1. The van der Waals surface area contributed by atoms with Crippen LogP contribution in [0, 0.1) is 6.92 Å². The summed E-state index contributed by atoms with van der Waals surface area (Å²) in [4.78, 5) is 16.2. The Balaban J connectivity index is 0.00000180. The van der Waals surface area contributed by atoms with E-state index in [1.807, 2.05) is 13.0 Å². The number of thiazole rings is 1. The van der Waals surface area contributed by atoms with E-state index in [0.717, 1.165) is 10.7 Å². The van der Waals surface area contributed by atoms with Gasteiger partial charge in [0.2, 0.25) is 0 Å². The van der Waals surface area contributed by atoms with Gasteiger partial charge in [-0.2, -0.15) is 5.10 Å². The fraction of sp³-hybridized carbons (Fsp3) is 0.364. The number of halogens is 1. The van der Waals surface area contributed by atoms with Gasteiger partial charge in [-0.05, 0) is 13.5 Å². The zero-order valence-corrected chi connectivity index (χ0v) is 12.3. The van der Waals surface area contributed by atoms with Crippen molar-refractivity contribution in [3.63, 3.8) is 0 Å². The Bertz CT molecular complexity index is 565. The summed E-state index contributed by atoms with van der Waals surface area (Å²) in [5.74, 6) is 0.434. The number of hydrogen-bond acceptors (Lipinski definition) is 5. The number of nitrogens with two attached hydrogens (primary N) is 1. The summed E-state index contributed by atoms with van der Waals surface area (Å²) < 4.78 is 1.63. The molecule has 2 aromatic heterocycles. The molecule has 2 heterocycles. The number of anilines is 1. The second-order valence-corrected chi connectivity index (χ2v) is 4.86. The number of aromatic nitrogens is 3. The molecule has 0 saturated heterocycles. The van der Waals surface area contributed by atoms with E-state index in [0.29, 0.717) is 24.5 Å². The zero-order chi connectivity index (χ0) is 13.1. The van der Waals surface area contributed by atoms with Gasteiger partial charge in [-0.25, -0.2) is 4.98 Å². The van der Waals surface area contributed by atoms with Crippen molar-refractivity contribution in [2.45, 2.75) is 13.3 Å². The first-order valence-corrected chi connectivity index (χ1v) is 6.44. The molecule has 3 N–H and O–H groups in total. The summed E-state index contributed by atoms with van der Waals surface area (Å²) in [6.45, 7) is 2.41. The lowest BCUT2D eigenvalue weighted by atomic mass is 10.4. The molecule has 8 heteroatoms. The van der Waals surface area contributed by atoms with E-state index in [9.17, 15) is 4.79 Å². The molecule has 2 rings (SSSR count). The lowest BCUT2D eigenvalue weighted by molar-refractivity contribution is 0.102. The smallest absolute Gasteiger partial charge is 0.276 e. The van der Waals surface area contributed by atoms with Crippen LogP contribution in [0.3, 0.4) is 0 Å². The molecule has 0 aliphatic rings. The van der Waals surface area contributed by atoms with Gasteiger partial charge >= 0.3 is 0 Å². The van der Waals surface area contributed by atoms with E-state index in [1.165, 1.54) is 11.3 Å². The molecule has 0 bridgehead atoms. The van der Waals surface area contributed by atoms with Gasteiger partial charge in [0.05, 0.1) is 10.7 Å². The van der Waals surface area contributed by atoms with Crippen LogP contribution < -0.4 is 11.1 Å². The maximum absolute atomic E-state index is 12.0. The normalized spacial score (nSPS) is 10.1. The number of hydrogen-bond donors (Lipinski definition) is 2. The van der Waals surface area contributed by atoms with Crippen LogP contribution in [0.25, 0.3) is 0 Å². The summed E-state index contributed by atoms with van der Waals surface area (Å²) in [5, 5.41) is 9.56. The predicted molar refractivity (Wildman–Crippen MR) is 78.0 cm³/mol. The summed E-state index contributed by atoms with van der Waals surface area (Å²) in [7, 11) is 1.78. The monoisotopic (exact) mass is 301 g/mol. The molecule has 104 valence electrons. The van der Waals surface area contributed by atoms with Crippen LogP contribution in [0.1, 0.15) is 21.2 Å². The van der Waals surface area contributed by atoms with Crippen molar-refractivity contribution >= 4 is 35.5 Å². The van der Waals surface area contributed by atoms with E-state index in [1.54, 1.807) is 17.1 Å². The van der Waals surface area contributed by atoms with Crippen molar-refractivity contribution in [2.24, 2.45) is 12.8 Å². The Hall–Kier alpha value is -1.44. The van der Waals surface area contributed by atoms with Crippen LogP contribution in [0.5, 0.6) is 0 Å². The highest BCUT2D eigenvalue weighted by molar-refractivity contribution is 7.09. The minimum absolute atomic E-state index is 0. The Morgan fingerprint density at radius 2 is 2.32 bits per heavy atom. The Labute approximate surface area is 121 Å². The minimum Gasteiger partial charge on any atom is -0.330 e. The third-order valence-electron chi connectivity index (χ3n) is 2.39. The van der Waals surface area contributed by atoms with Gasteiger partial charge in [-0.3, -0.25) is 9.48 Å². The van der Waals surface area contributed by atoms with Crippen LogP contribution in [0.15, 0.2) is 11.4 Å². The summed E-state index contributed by atoms with van der Waals surface area (Å²) in [6, 6.07) is 1.81. The number of carbonyl (C=O) groups excluding carboxylic acids is 1. The van der Waals surface area contributed by atoms with Crippen molar-refractivity contribution in [3.05, 3.63) is 27.8 Å². The molecule has 0 spiro atoms. The molecule has 19 heavy (non-hydrogen) atoms. The fourth-order valence-electron chi connectivity index (χ4n) is 1.56. The quantitative estimate of drug-likeness (QED) is 0.893. The van der Waals surface area contributed by atoms with Crippen molar-refractivity contribution in [1.82, 2.24) is 14.8 Å². The van der Waals surface area contributed by atoms with Crippen LogP contribution in [0.2, 0.25) is 0 Å². The molecule has 0 atom stereocenters. The SMILES string of the molecule is Cc1cc(NC(=O)c2csc(CCN)n2)n(C)n1.Cl. The molecular formula is C11H16ClN5OS. The highest BCUT2D eigenvalue weighted by Gasteiger charge is 2.12. The average Bonchev–Trinajstić information content (AvgIpc) is 2.87. The maximum atomic E-state index is 12.0. The highest BCUT2D eigenvalue weighted by Crippen LogP contribution is 2.13. The van der Waals surface area contributed by atoms with E-state index in [-0.39, 0.29) is 18.3 Å². The second-order valence-electron chi connectivity index (χ2n) is 3.91.